The summed E-state index contributed by atoms with van der Waals surface area (Å²) in [7, 11) is 1.60. The molecule has 0 atom stereocenters. The van der Waals surface area contributed by atoms with Gasteiger partial charge in [-0.2, -0.15) is 5.10 Å². The van der Waals surface area contributed by atoms with Crippen LogP contribution < -0.4 is 5.32 Å². The van der Waals surface area contributed by atoms with Gasteiger partial charge in [0.15, 0.2) is 0 Å². The van der Waals surface area contributed by atoms with Crippen molar-refractivity contribution in [3.8, 4) is 5.69 Å². The first-order valence-corrected chi connectivity index (χ1v) is 8.66. The number of rotatable bonds is 5. The highest BCUT2D eigenvalue weighted by molar-refractivity contribution is 5.99. The Labute approximate surface area is 158 Å². The predicted octanol–water partition coefficient (Wildman–Crippen LogP) is 3.20. The third kappa shape index (κ3) is 4.41. The largest absolute Gasteiger partial charge is 0.332 e. The van der Waals surface area contributed by atoms with Crippen LogP contribution in [0.3, 0.4) is 0 Å². The van der Waals surface area contributed by atoms with Crippen LogP contribution in [0.15, 0.2) is 60.9 Å². The lowest BCUT2D eigenvalue weighted by Gasteiger charge is -2.16. The first-order valence-electron chi connectivity index (χ1n) is 8.66. The first-order chi connectivity index (χ1) is 12.9. The minimum Gasteiger partial charge on any atom is -0.332 e. The summed E-state index contributed by atoms with van der Waals surface area (Å²) in [6, 6.07) is 15.4. The third-order valence-corrected chi connectivity index (χ3v) is 4.24. The standard InChI is InChI=1S/C21H22N4O2/c1-15-9-10-16(2)19(11-15)23-20(26)14-24(3)21(27)17-12-22-25(13-17)18-7-5-4-6-8-18/h4-13H,14H2,1-3H3,(H,23,26). The van der Waals surface area contributed by atoms with Crippen molar-refractivity contribution >= 4 is 17.5 Å². The van der Waals surface area contributed by atoms with Crippen LogP contribution in [0.1, 0.15) is 21.5 Å². The Morgan fingerprint density at radius 3 is 2.59 bits per heavy atom. The van der Waals surface area contributed by atoms with E-state index in [9.17, 15) is 9.59 Å². The van der Waals surface area contributed by atoms with Gasteiger partial charge < -0.3 is 10.2 Å². The number of aryl methyl sites for hydroxylation is 2. The van der Waals surface area contributed by atoms with E-state index >= 15 is 0 Å². The monoisotopic (exact) mass is 362 g/mol. The quantitative estimate of drug-likeness (QED) is 0.758. The minimum atomic E-state index is -0.256. The lowest BCUT2D eigenvalue weighted by molar-refractivity contribution is -0.116. The summed E-state index contributed by atoms with van der Waals surface area (Å²) in [5.74, 6) is -0.497. The summed E-state index contributed by atoms with van der Waals surface area (Å²) in [5, 5.41) is 7.09. The third-order valence-electron chi connectivity index (χ3n) is 4.24. The summed E-state index contributed by atoms with van der Waals surface area (Å²) >= 11 is 0. The molecule has 3 aromatic rings. The normalized spacial score (nSPS) is 10.5. The Morgan fingerprint density at radius 2 is 1.85 bits per heavy atom. The number of hydrogen-bond donors (Lipinski definition) is 1. The number of hydrogen-bond acceptors (Lipinski definition) is 3. The van der Waals surface area contributed by atoms with E-state index in [1.54, 1.807) is 17.9 Å². The molecule has 0 bridgehead atoms. The average Bonchev–Trinajstić information content (AvgIpc) is 3.15. The number of likely N-dealkylation sites (N-methyl/N-ethyl adjacent to an activating group) is 1. The number of carbonyl (C=O) groups excluding carboxylic acids is 2. The summed E-state index contributed by atoms with van der Waals surface area (Å²) < 4.78 is 1.64. The van der Waals surface area contributed by atoms with Gasteiger partial charge in [0.2, 0.25) is 5.91 Å². The highest BCUT2D eigenvalue weighted by atomic mass is 16.2. The van der Waals surface area contributed by atoms with Crippen LogP contribution in [0, 0.1) is 13.8 Å². The van der Waals surface area contributed by atoms with Gasteiger partial charge in [0.25, 0.3) is 5.91 Å². The van der Waals surface area contributed by atoms with Crippen molar-refractivity contribution in [2.24, 2.45) is 0 Å². The molecule has 1 heterocycles. The number of anilines is 1. The van der Waals surface area contributed by atoms with Gasteiger partial charge in [-0.25, -0.2) is 4.68 Å². The van der Waals surface area contributed by atoms with Gasteiger partial charge in [-0.3, -0.25) is 9.59 Å². The van der Waals surface area contributed by atoms with Gasteiger partial charge >= 0.3 is 0 Å². The molecule has 3 rings (SSSR count). The Morgan fingerprint density at radius 1 is 1.11 bits per heavy atom. The molecule has 0 radical (unpaired) electrons. The Hall–Kier alpha value is -3.41. The molecule has 0 spiro atoms. The van der Waals surface area contributed by atoms with Crippen LogP contribution in [0.5, 0.6) is 0 Å². The highest BCUT2D eigenvalue weighted by Gasteiger charge is 2.17. The molecule has 0 unspecified atom stereocenters. The summed E-state index contributed by atoms with van der Waals surface area (Å²) in [4.78, 5) is 26.3. The Kier molecular flexibility index (Phi) is 5.35. The molecule has 0 aliphatic rings. The highest BCUT2D eigenvalue weighted by Crippen LogP contribution is 2.16. The van der Waals surface area contributed by atoms with Crippen molar-refractivity contribution in [2.75, 3.05) is 18.9 Å². The zero-order chi connectivity index (χ0) is 19.4. The zero-order valence-corrected chi connectivity index (χ0v) is 15.6. The van der Waals surface area contributed by atoms with E-state index in [-0.39, 0.29) is 18.4 Å². The lowest BCUT2D eigenvalue weighted by Crippen LogP contribution is -2.34. The molecule has 0 fully saturated rings. The van der Waals surface area contributed by atoms with Crippen LogP contribution in [0.25, 0.3) is 5.69 Å². The molecule has 0 saturated heterocycles. The molecule has 0 aliphatic carbocycles. The number of benzene rings is 2. The molecular weight excluding hydrogens is 340 g/mol. The number of carbonyl (C=O) groups is 2. The zero-order valence-electron chi connectivity index (χ0n) is 15.6. The van der Waals surface area contributed by atoms with E-state index in [4.69, 9.17) is 0 Å². The van der Waals surface area contributed by atoms with Gasteiger partial charge in [-0.1, -0.05) is 30.3 Å². The number of aromatic nitrogens is 2. The van der Waals surface area contributed by atoms with Crippen molar-refractivity contribution in [2.45, 2.75) is 13.8 Å². The van der Waals surface area contributed by atoms with E-state index in [0.717, 1.165) is 22.5 Å². The van der Waals surface area contributed by atoms with Crippen LogP contribution in [0.2, 0.25) is 0 Å². The van der Waals surface area contributed by atoms with Gasteiger partial charge in [0.05, 0.1) is 24.0 Å². The van der Waals surface area contributed by atoms with Crippen molar-refractivity contribution in [3.63, 3.8) is 0 Å². The van der Waals surface area contributed by atoms with Crippen molar-refractivity contribution < 1.29 is 9.59 Å². The Bertz CT molecular complexity index is 963. The number of nitrogens with zero attached hydrogens (tertiary/aromatic N) is 3. The molecule has 0 aliphatic heterocycles. The number of para-hydroxylation sites is 1. The summed E-state index contributed by atoms with van der Waals surface area (Å²) in [6.07, 6.45) is 3.17. The maximum Gasteiger partial charge on any atom is 0.257 e. The second-order valence-electron chi connectivity index (χ2n) is 6.54. The fourth-order valence-electron chi connectivity index (χ4n) is 2.72. The summed E-state index contributed by atoms with van der Waals surface area (Å²) in [5.41, 5.74) is 4.10. The minimum absolute atomic E-state index is 0.0390. The SMILES string of the molecule is Cc1ccc(C)c(NC(=O)CN(C)C(=O)c2cnn(-c3ccccc3)c2)c1. The van der Waals surface area contributed by atoms with Crippen molar-refractivity contribution in [1.82, 2.24) is 14.7 Å². The molecule has 2 aromatic carbocycles. The maximum atomic E-state index is 12.6. The van der Waals surface area contributed by atoms with Crippen LogP contribution >= 0.6 is 0 Å². The van der Waals surface area contributed by atoms with Gasteiger partial charge in [0, 0.05) is 18.9 Å². The van der Waals surface area contributed by atoms with Gasteiger partial charge in [-0.15, -0.1) is 0 Å². The Balaban J connectivity index is 1.64. The second kappa shape index (κ2) is 7.86. The number of amides is 2. The fourth-order valence-corrected chi connectivity index (χ4v) is 2.72. The molecule has 1 N–H and O–H groups in total. The van der Waals surface area contributed by atoms with E-state index in [2.05, 4.69) is 10.4 Å². The van der Waals surface area contributed by atoms with E-state index in [1.807, 2.05) is 62.4 Å². The van der Waals surface area contributed by atoms with E-state index in [1.165, 1.54) is 11.1 Å². The molecule has 0 saturated carbocycles. The smallest absolute Gasteiger partial charge is 0.257 e. The fraction of sp³-hybridized carbons (Fsp3) is 0.190. The molecule has 6 heteroatoms. The van der Waals surface area contributed by atoms with Crippen molar-refractivity contribution in [3.05, 3.63) is 77.6 Å². The maximum absolute atomic E-state index is 12.6. The molecular formula is C21H22N4O2. The van der Waals surface area contributed by atoms with E-state index in [0.29, 0.717) is 5.56 Å². The lowest BCUT2D eigenvalue weighted by atomic mass is 10.1. The topological polar surface area (TPSA) is 67.2 Å². The van der Waals surface area contributed by atoms with Crippen LogP contribution in [-0.2, 0) is 4.79 Å². The second-order valence-corrected chi connectivity index (χ2v) is 6.54. The average molecular weight is 362 g/mol. The van der Waals surface area contributed by atoms with Crippen LogP contribution in [-0.4, -0.2) is 40.1 Å². The molecule has 138 valence electrons. The van der Waals surface area contributed by atoms with Gasteiger partial charge in [-0.05, 0) is 43.2 Å². The van der Waals surface area contributed by atoms with Gasteiger partial charge in [0.1, 0.15) is 0 Å². The van der Waals surface area contributed by atoms with E-state index < -0.39 is 0 Å². The van der Waals surface area contributed by atoms with Crippen molar-refractivity contribution in [1.29, 1.82) is 0 Å². The molecule has 6 nitrogen and oxygen atoms in total. The number of nitrogens with one attached hydrogen (secondary N) is 1. The van der Waals surface area contributed by atoms with Crippen LogP contribution in [0.4, 0.5) is 5.69 Å². The molecule has 2 amide bonds. The predicted molar refractivity (Wildman–Crippen MR) is 105 cm³/mol. The molecule has 27 heavy (non-hydrogen) atoms. The molecule has 1 aromatic heterocycles. The summed E-state index contributed by atoms with van der Waals surface area (Å²) in [6.45, 7) is 3.86. The first kappa shape index (κ1) is 18.4.